The summed E-state index contributed by atoms with van der Waals surface area (Å²) in [4.78, 5) is 33.1. The smallest absolute Gasteiger partial charge is 0.352 e. The van der Waals surface area contributed by atoms with E-state index >= 15 is 0 Å². The molecule has 0 aromatic carbocycles. The van der Waals surface area contributed by atoms with Gasteiger partial charge in [-0.1, -0.05) is 6.42 Å². The average Bonchev–Trinajstić information content (AvgIpc) is 3.43. The number of rotatable bonds is 5. The van der Waals surface area contributed by atoms with Crippen LogP contribution in [-0.2, 0) is 9.59 Å². The molecular weight excluding hydrogens is 404 g/mol. The Labute approximate surface area is 180 Å². The Kier molecular flexibility index (Phi) is 5.21. The lowest BCUT2D eigenvalue weighted by Crippen LogP contribution is -2.64. The topological polar surface area (TPSA) is 105 Å². The second-order valence-electron chi connectivity index (χ2n) is 9.13. The Morgan fingerprint density at radius 3 is 2.90 bits per heavy atom. The summed E-state index contributed by atoms with van der Waals surface area (Å²) in [5, 5.41) is 23.9. The molecule has 0 aromatic heterocycles. The van der Waals surface area contributed by atoms with Crippen molar-refractivity contribution >= 4 is 29.6 Å². The predicted molar refractivity (Wildman–Crippen MR) is 114 cm³/mol. The van der Waals surface area contributed by atoms with Gasteiger partial charge in [0.25, 0.3) is 0 Å². The van der Waals surface area contributed by atoms with Crippen LogP contribution in [0.5, 0.6) is 0 Å². The van der Waals surface area contributed by atoms with Crippen LogP contribution in [0, 0.1) is 17.8 Å². The number of aliphatic imine (C=N–C) groups is 1. The number of fused-ring (bicyclic) bond motifs is 3. The van der Waals surface area contributed by atoms with Crippen LogP contribution < -0.4 is 5.32 Å². The number of β-lactam (4-membered cyclic amide) rings is 1. The summed E-state index contributed by atoms with van der Waals surface area (Å²) in [6.07, 6.45) is 3.32. The Morgan fingerprint density at radius 1 is 1.37 bits per heavy atom. The van der Waals surface area contributed by atoms with Crippen molar-refractivity contribution in [3.8, 4) is 0 Å². The number of guanidine groups is 1. The van der Waals surface area contributed by atoms with Crippen molar-refractivity contribution in [3.63, 3.8) is 0 Å². The number of carbonyl (C=O) groups is 2. The molecule has 1 saturated carbocycles. The van der Waals surface area contributed by atoms with Crippen LogP contribution in [0.4, 0.5) is 0 Å². The second-order valence-corrected chi connectivity index (χ2v) is 10.5. The molecule has 164 valence electrons. The molecule has 2 saturated heterocycles. The zero-order chi connectivity index (χ0) is 21.0. The van der Waals surface area contributed by atoms with Crippen molar-refractivity contribution in [1.29, 1.82) is 0 Å². The molecule has 0 spiro atoms. The first-order valence-corrected chi connectivity index (χ1v) is 12.2. The van der Waals surface area contributed by atoms with Crippen molar-refractivity contribution < 1.29 is 19.8 Å². The summed E-state index contributed by atoms with van der Waals surface area (Å²) in [7, 11) is 0. The number of amides is 1. The van der Waals surface area contributed by atoms with Gasteiger partial charge in [-0.2, -0.15) is 11.8 Å². The molecule has 1 aliphatic carbocycles. The number of aliphatic hydroxyl groups is 1. The molecule has 5 rings (SSSR count). The van der Waals surface area contributed by atoms with Gasteiger partial charge >= 0.3 is 5.97 Å². The Balaban J connectivity index is 1.30. The second kappa shape index (κ2) is 7.75. The largest absolute Gasteiger partial charge is 0.477 e. The fourth-order valence-corrected chi connectivity index (χ4v) is 7.49. The molecule has 3 fully saturated rings. The van der Waals surface area contributed by atoms with Crippen LogP contribution in [0.3, 0.4) is 0 Å². The van der Waals surface area contributed by atoms with E-state index in [0.717, 1.165) is 69.1 Å². The van der Waals surface area contributed by atoms with E-state index in [-0.39, 0.29) is 29.5 Å². The number of carbonyl (C=O) groups excluding carboxylic acids is 1. The van der Waals surface area contributed by atoms with Crippen molar-refractivity contribution in [2.45, 2.75) is 50.0 Å². The van der Waals surface area contributed by atoms with E-state index in [4.69, 9.17) is 0 Å². The SMILES string of the molecule is C[C@@H](O)[C@H]1C(=O)N2C(C(=O)O)=C3[C@H](CS[C@H]4CCN(C5=NCCN5)C4)CCC[C@@H]3[C@H]12. The molecule has 1 amide bonds. The summed E-state index contributed by atoms with van der Waals surface area (Å²) in [6, 6.07) is -0.167. The molecular formula is C21H30N4O4S. The number of aliphatic hydroxyl groups excluding tert-OH is 1. The minimum absolute atomic E-state index is 0.0878. The zero-order valence-corrected chi connectivity index (χ0v) is 18.1. The van der Waals surface area contributed by atoms with Gasteiger partial charge in [-0.25, -0.2) is 4.79 Å². The number of likely N-dealkylation sites (tertiary alicyclic amines) is 1. The molecule has 9 heteroatoms. The van der Waals surface area contributed by atoms with Crippen molar-refractivity contribution in [2.75, 3.05) is 31.9 Å². The maximum atomic E-state index is 12.6. The molecule has 8 nitrogen and oxygen atoms in total. The van der Waals surface area contributed by atoms with Gasteiger partial charge in [0.05, 0.1) is 24.6 Å². The number of carboxylic acid groups (broad SMARTS) is 1. The number of nitrogens with one attached hydrogen (secondary N) is 1. The zero-order valence-electron chi connectivity index (χ0n) is 17.3. The minimum atomic E-state index is -0.996. The number of carboxylic acids is 1. The van der Waals surface area contributed by atoms with E-state index in [2.05, 4.69) is 15.2 Å². The monoisotopic (exact) mass is 434 g/mol. The molecule has 30 heavy (non-hydrogen) atoms. The average molecular weight is 435 g/mol. The highest BCUT2D eigenvalue weighted by Gasteiger charge is 2.62. The van der Waals surface area contributed by atoms with Gasteiger partial charge in [0, 0.05) is 36.6 Å². The van der Waals surface area contributed by atoms with Crippen LogP contribution >= 0.6 is 11.8 Å². The van der Waals surface area contributed by atoms with E-state index in [9.17, 15) is 19.8 Å². The Morgan fingerprint density at radius 2 is 2.20 bits per heavy atom. The van der Waals surface area contributed by atoms with E-state index in [0.29, 0.717) is 5.25 Å². The fraction of sp³-hybridized carbons (Fsp3) is 0.762. The summed E-state index contributed by atoms with van der Waals surface area (Å²) in [5.41, 5.74) is 1.19. The van der Waals surface area contributed by atoms with Gasteiger partial charge in [-0.15, -0.1) is 0 Å². The van der Waals surface area contributed by atoms with Gasteiger partial charge in [-0.3, -0.25) is 9.79 Å². The molecule has 0 bridgehead atoms. The van der Waals surface area contributed by atoms with Gasteiger partial charge in [0.1, 0.15) is 5.70 Å². The summed E-state index contributed by atoms with van der Waals surface area (Å²) in [5.74, 6) is 0.524. The lowest BCUT2D eigenvalue weighted by Gasteiger charge is -2.47. The highest BCUT2D eigenvalue weighted by atomic mass is 32.2. The van der Waals surface area contributed by atoms with Crippen LogP contribution in [0.25, 0.3) is 0 Å². The van der Waals surface area contributed by atoms with Crippen LogP contribution in [0.15, 0.2) is 16.3 Å². The van der Waals surface area contributed by atoms with Gasteiger partial charge in [0.2, 0.25) is 5.91 Å². The number of thioether (sulfide) groups is 1. The minimum Gasteiger partial charge on any atom is -0.477 e. The van der Waals surface area contributed by atoms with Crippen LogP contribution in [-0.4, -0.2) is 87.2 Å². The number of nitrogens with zero attached hydrogens (tertiary/aromatic N) is 3. The summed E-state index contributed by atoms with van der Waals surface area (Å²) >= 11 is 1.94. The molecule has 0 aromatic rings. The number of hydrogen-bond donors (Lipinski definition) is 3. The normalized spacial score (nSPS) is 36.3. The third-order valence-electron chi connectivity index (χ3n) is 7.38. The summed E-state index contributed by atoms with van der Waals surface area (Å²) in [6.45, 7) is 5.41. The first kappa shape index (κ1) is 20.2. The van der Waals surface area contributed by atoms with Crippen molar-refractivity contribution in [1.82, 2.24) is 15.1 Å². The molecule has 3 N–H and O–H groups in total. The lowest BCUT2D eigenvalue weighted by molar-refractivity contribution is -0.163. The van der Waals surface area contributed by atoms with E-state index < -0.39 is 18.0 Å². The third-order valence-corrected chi connectivity index (χ3v) is 8.83. The highest BCUT2D eigenvalue weighted by Crippen LogP contribution is 2.54. The van der Waals surface area contributed by atoms with Crippen molar-refractivity contribution in [2.24, 2.45) is 22.7 Å². The van der Waals surface area contributed by atoms with E-state index in [1.54, 1.807) is 6.92 Å². The predicted octanol–water partition coefficient (Wildman–Crippen LogP) is 0.730. The van der Waals surface area contributed by atoms with E-state index in [1.165, 1.54) is 4.90 Å². The molecule has 0 radical (unpaired) electrons. The van der Waals surface area contributed by atoms with Gasteiger partial charge in [0.15, 0.2) is 5.96 Å². The standard InChI is InChI=1S/C21H30N4O4S/c1-11(26)15-17-14-4-2-3-12(16(14)18(20(28)29)25(17)19(15)27)10-30-13-5-8-24(9-13)21-22-6-7-23-21/h11-15,17,26H,2-10H2,1H3,(H,22,23)(H,28,29)/t11-,12+,13+,14+,15-,17-/m1/s1. The van der Waals surface area contributed by atoms with Crippen molar-refractivity contribution in [3.05, 3.63) is 11.3 Å². The quantitative estimate of drug-likeness (QED) is 0.548. The maximum absolute atomic E-state index is 12.6. The van der Waals surface area contributed by atoms with Crippen LogP contribution in [0.2, 0.25) is 0 Å². The highest BCUT2D eigenvalue weighted by molar-refractivity contribution is 7.99. The Hall–Kier alpha value is -1.74. The van der Waals surface area contributed by atoms with Gasteiger partial charge in [-0.05, 0) is 37.7 Å². The maximum Gasteiger partial charge on any atom is 0.352 e. The molecule has 4 heterocycles. The Bertz CT molecular complexity index is 813. The lowest BCUT2D eigenvalue weighted by atomic mass is 9.70. The molecule has 6 atom stereocenters. The first-order chi connectivity index (χ1) is 14.5. The molecule has 5 aliphatic rings. The molecule has 4 aliphatic heterocycles. The number of hydrogen-bond acceptors (Lipinski definition) is 7. The van der Waals surface area contributed by atoms with Crippen LogP contribution in [0.1, 0.15) is 32.6 Å². The number of aliphatic carboxylic acids is 1. The fourth-order valence-electron chi connectivity index (χ4n) is 6.08. The molecule has 0 unspecified atom stereocenters. The third kappa shape index (κ3) is 3.12. The van der Waals surface area contributed by atoms with E-state index in [1.807, 2.05) is 11.8 Å². The first-order valence-electron chi connectivity index (χ1n) is 11.1. The van der Waals surface area contributed by atoms with Gasteiger partial charge < -0.3 is 25.3 Å². The summed E-state index contributed by atoms with van der Waals surface area (Å²) < 4.78 is 0.